The Balaban J connectivity index is 1.47. The molecule has 0 spiro atoms. The number of carbonyl (C=O) groups excluding carboxylic acids is 3. The number of hydrogen-bond donors (Lipinski definition) is 2. The molecule has 0 aliphatic carbocycles. The molecule has 28 heavy (non-hydrogen) atoms. The van der Waals surface area contributed by atoms with Gasteiger partial charge in [0.1, 0.15) is 0 Å². The van der Waals surface area contributed by atoms with E-state index in [2.05, 4.69) is 27.7 Å². The van der Waals surface area contributed by atoms with Crippen molar-refractivity contribution in [2.24, 2.45) is 0 Å². The van der Waals surface area contributed by atoms with Crippen LogP contribution in [-0.4, -0.2) is 53.7 Å². The van der Waals surface area contributed by atoms with Gasteiger partial charge in [-0.2, -0.15) is 0 Å². The number of nitrogens with zero attached hydrogens (tertiary/aromatic N) is 2. The van der Waals surface area contributed by atoms with Crippen molar-refractivity contribution in [2.75, 3.05) is 36.8 Å². The second-order valence-corrected chi connectivity index (χ2v) is 6.77. The second kappa shape index (κ2) is 9.14. The summed E-state index contributed by atoms with van der Waals surface area (Å²) < 4.78 is 0. The predicted molar refractivity (Wildman–Crippen MR) is 108 cm³/mol. The predicted octanol–water partition coefficient (Wildman–Crippen LogP) is 1.93. The Bertz CT molecular complexity index is 828. The van der Waals surface area contributed by atoms with Crippen molar-refractivity contribution in [3.63, 3.8) is 0 Å². The quantitative estimate of drug-likeness (QED) is 0.794. The Kier molecular flexibility index (Phi) is 6.39. The molecule has 3 rings (SSSR count). The summed E-state index contributed by atoms with van der Waals surface area (Å²) in [6.07, 6.45) is 0. The van der Waals surface area contributed by atoms with E-state index in [1.165, 1.54) is 12.5 Å². The monoisotopic (exact) mass is 380 g/mol. The normalized spacial score (nSPS) is 14.4. The molecule has 146 valence electrons. The molecule has 2 aromatic carbocycles. The highest BCUT2D eigenvalue weighted by molar-refractivity contribution is 6.39. The van der Waals surface area contributed by atoms with E-state index < -0.39 is 11.8 Å². The van der Waals surface area contributed by atoms with Crippen LogP contribution in [0.3, 0.4) is 0 Å². The summed E-state index contributed by atoms with van der Waals surface area (Å²) in [5.74, 6) is -1.34. The van der Waals surface area contributed by atoms with E-state index >= 15 is 0 Å². The molecular weight excluding hydrogens is 356 g/mol. The Morgan fingerprint density at radius 3 is 1.96 bits per heavy atom. The number of amides is 3. The minimum Gasteiger partial charge on any atom is -0.332 e. The number of rotatable bonds is 4. The zero-order valence-corrected chi connectivity index (χ0v) is 15.9. The lowest BCUT2D eigenvalue weighted by Crippen LogP contribution is -2.51. The summed E-state index contributed by atoms with van der Waals surface area (Å²) in [6, 6.07) is 16.8. The zero-order valence-electron chi connectivity index (χ0n) is 15.9. The zero-order chi connectivity index (χ0) is 19.9. The fraction of sp³-hybridized carbons (Fsp3) is 0.286. The van der Waals surface area contributed by atoms with Crippen LogP contribution in [0, 0.1) is 0 Å². The Morgan fingerprint density at radius 2 is 1.39 bits per heavy atom. The first-order chi connectivity index (χ1) is 13.5. The summed E-state index contributed by atoms with van der Waals surface area (Å²) in [6.45, 7) is 4.80. The average molecular weight is 380 g/mol. The van der Waals surface area contributed by atoms with Crippen LogP contribution < -0.4 is 10.6 Å². The van der Waals surface area contributed by atoms with Gasteiger partial charge in [0.05, 0.1) is 0 Å². The Morgan fingerprint density at radius 1 is 0.821 bits per heavy atom. The summed E-state index contributed by atoms with van der Waals surface area (Å²) in [7, 11) is 0. The van der Waals surface area contributed by atoms with Crippen LogP contribution in [0.15, 0.2) is 54.6 Å². The number of piperazine rings is 1. The molecule has 1 aliphatic heterocycles. The summed E-state index contributed by atoms with van der Waals surface area (Å²) >= 11 is 0. The molecule has 0 atom stereocenters. The molecule has 2 N–H and O–H groups in total. The molecule has 0 aromatic heterocycles. The van der Waals surface area contributed by atoms with E-state index in [0.29, 0.717) is 24.5 Å². The highest BCUT2D eigenvalue weighted by Crippen LogP contribution is 2.14. The van der Waals surface area contributed by atoms with Gasteiger partial charge in [0.2, 0.25) is 5.91 Å². The number of hydrogen-bond acceptors (Lipinski definition) is 4. The summed E-state index contributed by atoms with van der Waals surface area (Å²) in [5, 5.41) is 5.26. The average Bonchev–Trinajstić information content (AvgIpc) is 2.70. The molecule has 2 aromatic rings. The van der Waals surface area contributed by atoms with E-state index in [0.717, 1.165) is 19.6 Å². The lowest BCUT2D eigenvalue weighted by molar-refractivity contribution is -0.144. The van der Waals surface area contributed by atoms with Crippen LogP contribution in [0.2, 0.25) is 0 Å². The van der Waals surface area contributed by atoms with Gasteiger partial charge < -0.3 is 15.5 Å². The highest BCUT2D eigenvalue weighted by Gasteiger charge is 2.26. The van der Waals surface area contributed by atoms with Gasteiger partial charge >= 0.3 is 11.8 Å². The molecule has 1 aliphatic rings. The van der Waals surface area contributed by atoms with Gasteiger partial charge in [-0.3, -0.25) is 19.3 Å². The molecule has 0 saturated carbocycles. The number of nitrogens with one attached hydrogen (secondary N) is 2. The minimum absolute atomic E-state index is 0.168. The number of anilines is 2. The fourth-order valence-corrected chi connectivity index (χ4v) is 3.12. The van der Waals surface area contributed by atoms with E-state index in [9.17, 15) is 14.4 Å². The Labute approximate surface area is 164 Å². The standard InChI is InChI=1S/C21H24N4O3/c1-16(26)22-18-7-9-19(10-8-18)23-20(27)21(28)25-13-11-24(12-14-25)15-17-5-3-2-4-6-17/h2-10H,11-15H2,1H3,(H,22,26)(H,23,27). The van der Waals surface area contributed by atoms with Gasteiger partial charge in [-0.15, -0.1) is 0 Å². The van der Waals surface area contributed by atoms with Crippen LogP contribution in [0.4, 0.5) is 11.4 Å². The van der Waals surface area contributed by atoms with Crippen LogP contribution in [0.25, 0.3) is 0 Å². The molecule has 1 saturated heterocycles. The summed E-state index contributed by atoms with van der Waals surface area (Å²) in [4.78, 5) is 39.6. The maximum Gasteiger partial charge on any atom is 0.313 e. The van der Waals surface area contributed by atoms with Crippen molar-refractivity contribution in [2.45, 2.75) is 13.5 Å². The third-order valence-corrected chi connectivity index (χ3v) is 4.57. The molecule has 0 unspecified atom stereocenters. The number of benzene rings is 2. The van der Waals surface area contributed by atoms with Crippen molar-refractivity contribution < 1.29 is 14.4 Å². The van der Waals surface area contributed by atoms with Gasteiger partial charge in [0, 0.05) is 51.0 Å². The van der Waals surface area contributed by atoms with Crippen LogP contribution >= 0.6 is 0 Å². The number of carbonyl (C=O) groups is 3. The molecule has 7 nitrogen and oxygen atoms in total. The van der Waals surface area contributed by atoms with Crippen molar-refractivity contribution in [1.29, 1.82) is 0 Å². The maximum absolute atomic E-state index is 12.4. The largest absolute Gasteiger partial charge is 0.332 e. The molecular formula is C21H24N4O3. The van der Waals surface area contributed by atoms with Crippen molar-refractivity contribution in [1.82, 2.24) is 9.80 Å². The van der Waals surface area contributed by atoms with Gasteiger partial charge in [-0.1, -0.05) is 30.3 Å². The van der Waals surface area contributed by atoms with Crippen molar-refractivity contribution in [3.8, 4) is 0 Å². The first-order valence-electron chi connectivity index (χ1n) is 9.25. The molecule has 0 bridgehead atoms. The van der Waals surface area contributed by atoms with E-state index in [4.69, 9.17) is 0 Å². The maximum atomic E-state index is 12.4. The topological polar surface area (TPSA) is 81.8 Å². The molecule has 1 heterocycles. The van der Waals surface area contributed by atoms with Gasteiger partial charge in [-0.05, 0) is 29.8 Å². The first-order valence-corrected chi connectivity index (χ1v) is 9.25. The van der Waals surface area contributed by atoms with Gasteiger partial charge in [0.15, 0.2) is 0 Å². The molecule has 1 fully saturated rings. The third kappa shape index (κ3) is 5.40. The molecule has 7 heteroatoms. The highest BCUT2D eigenvalue weighted by atomic mass is 16.2. The fourth-order valence-electron chi connectivity index (χ4n) is 3.12. The lowest BCUT2D eigenvalue weighted by Gasteiger charge is -2.34. The van der Waals surface area contributed by atoms with E-state index in [-0.39, 0.29) is 5.91 Å². The first kappa shape index (κ1) is 19.6. The van der Waals surface area contributed by atoms with E-state index in [1.807, 2.05) is 18.2 Å². The molecule has 0 radical (unpaired) electrons. The van der Waals surface area contributed by atoms with Crippen LogP contribution in [0.5, 0.6) is 0 Å². The SMILES string of the molecule is CC(=O)Nc1ccc(NC(=O)C(=O)N2CCN(Cc3ccccc3)CC2)cc1. The smallest absolute Gasteiger partial charge is 0.313 e. The minimum atomic E-state index is -0.649. The van der Waals surface area contributed by atoms with Crippen molar-refractivity contribution >= 4 is 29.1 Å². The van der Waals surface area contributed by atoms with Crippen molar-refractivity contribution in [3.05, 3.63) is 60.2 Å². The van der Waals surface area contributed by atoms with E-state index in [1.54, 1.807) is 29.2 Å². The van der Waals surface area contributed by atoms with Gasteiger partial charge in [0.25, 0.3) is 0 Å². The Hall–Kier alpha value is -3.19. The summed E-state index contributed by atoms with van der Waals surface area (Å²) in [5.41, 5.74) is 2.38. The second-order valence-electron chi connectivity index (χ2n) is 6.77. The molecule has 3 amide bonds. The third-order valence-electron chi connectivity index (χ3n) is 4.57. The van der Waals surface area contributed by atoms with Crippen LogP contribution in [-0.2, 0) is 20.9 Å². The van der Waals surface area contributed by atoms with Crippen LogP contribution in [0.1, 0.15) is 12.5 Å². The lowest BCUT2D eigenvalue weighted by atomic mass is 10.2. The van der Waals surface area contributed by atoms with Gasteiger partial charge in [-0.25, -0.2) is 0 Å².